The number of benzene rings is 1. The highest BCUT2D eigenvalue weighted by Crippen LogP contribution is 2.40. The van der Waals surface area contributed by atoms with Crippen LogP contribution < -0.4 is 0 Å². The molecule has 3 amide bonds. The third-order valence-corrected chi connectivity index (χ3v) is 12.0. The Morgan fingerprint density at radius 1 is 0.872 bits per heavy atom. The molecule has 1 saturated carbocycles. The van der Waals surface area contributed by atoms with Crippen molar-refractivity contribution in [2.45, 2.75) is 108 Å². The van der Waals surface area contributed by atoms with Crippen LogP contribution in [0.4, 0.5) is 0 Å². The van der Waals surface area contributed by atoms with Crippen LogP contribution in [0.25, 0.3) is 0 Å². The molecular formula is C37H56ClN5O4. The summed E-state index contributed by atoms with van der Waals surface area (Å²) in [5.74, 6) is 0.470. The summed E-state index contributed by atoms with van der Waals surface area (Å²) in [6.45, 7) is 14.3. The first-order chi connectivity index (χ1) is 22.4. The summed E-state index contributed by atoms with van der Waals surface area (Å²) in [6, 6.07) is 7.24. The van der Waals surface area contributed by atoms with Crippen molar-refractivity contribution in [3.8, 4) is 0 Å². The highest BCUT2D eigenvalue weighted by Gasteiger charge is 2.51. The Morgan fingerprint density at radius 3 is 2.17 bits per heavy atom. The van der Waals surface area contributed by atoms with Gasteiger partial charge in [-0.25, -0.2) is 0 Å². The van der Waals surface area contributed by atoms with E-state index in [2.05, 4.69) is 49.4 Å². The van der Waals surface area contributed by atoms with Crippen LogP contribution in [-0.2, 0) is 19.1 Å². The second-order valence-corrected chi connectivity index (χ2v) is 16.5. The van der Waals surface area contributed by atoms with E-state index < -0.39 is 12.1 Å². The normalized spacial score (nSPS) is 32.6. The number of piperazine rings is 1. The standard InChI is InChI=1S/C37H56ClN5O4/c1-25-8-14-28(15-9-25)43(36(46)33-7-6-20-47-33)29-21-32(35(45)40-18-16-39(5)17-19-40)42(22-29)34(44)31-24-41(37(2,3)4)23-30(31)26-10-12-27(38)13-11-26/h10-13,25,28-33H,6-9,14-24H2,1-5H3/t25?,28?,29-,30-,31+,32+,33-/m0/s1. The second kappa shape index (κ2) is 14.3. The third-order valence-electron chi connectivity index (χ3n) is 11.8. The van der Waals surface area contributed by atoms with Crippen LogP contribution in [0.5, 0.6) is 0 Å². The molecular weight excluding hydrogens is 614 g/mol. The average molecular weight is 670 g/mol. The monoisotopic (exact) mass is 669 g/mol. The van der Waals surface area contributed by atoms with Gasteiger partial charge in [0.25, 0.3) is 5.91 Å². The number of nitrogens with zero attached hydrogens (tertiary/aromatic N) is 5. The van der Waals surface area contributed by atoms with Gasteiger partial charge in [-0.2, -0.15) is 0 Å². The summed E-state index contributed by atoms with van der Waals surface area (Å²) in [7, 11) is 2.08. The van der Waals surface area contributed by atoms with E-state index in [9.17, 15) is 9.59 Å². The largest absolute Gasteiger partial charge is 0.368 e. The van der Waals surface area contributed by atoms with Crippen LogP contribution in [0, 0.1) is 11.8 Å². The Balaban J connectivity index is 1.32. The smallest absolute Gasteiger partial charge is 0.252 e. The molecule has 10 heteroatoms. The number of ether oxygens (including phenoxy) is 1. The third kappa shape index (κ3) is 7.53. The summed E-state index contributed by atoms with van der Waals surface area (Å²) in [5.41, 5.74) is 0.994. The maximum atomic E-state index is 15.0. The summed E-state index contributed by atoms with van der Waals surface area (Å²) in [5, 5.41) is 0.677. The lowest BCUT2D eigenvalue weighted by Gasteiger charge is -2.41. The summed E-state index contributed by atoms with van der Waals surface area (Å²) < 4.78 is 5.95. The van der Waals surface area contributed by atoms with E-state index in [0.29, 0.717) is 50.1 Å². The zero-order valence-corrected chi connectivity index (χ0v) is 30.0. The fourth-order valence-electron chi connectivity index (χ4n) is 8.71. The van der Waals surface area contributed by atoms with Gasteiger partial charge in [0, 0.05) is 74.9 Å². The number of carbonyl (C=O) groups is 3. The van der Waals surface area contributed by atoms with Gasteiger partial charge in [-0.05, 0) is 96.4 Å². The van der Waals surface area contributed by atoms with Crippen molar-refractivity contribution in [2.75, 3.05) is 59.5 Å². The van der Waals surface area contributed by atoms with E-state index in [1.165, 1.54) is 0 Å². The zero-order valence-electron chi connectivity index (χ0n) is 29.2. The van der Waals surface area contributed by atoms with Crippen LogP contribution >= 0.6 is 11.6 Å². The molecule has 4 aliphatic heterocycles. The molecule has 0 spiro atoms. The molecule has 1 aromatic rings. The van der Waals surface area contributed by atoms with Crippen molar-refractivity contribution in [2.24, 2.45) is 11.8 Å². The van der Waals surface area contributed by atoms with Gasteiger partial charge in [-0.15, -0.1) is 0 Å². The van der Waals surface area contributed by atoms with Crippen molar-refractivity contribution in [1.29, 1.82) is 0 Å². The molecule has 1 aliphatic carbocycles. The van der Waals surface area contributed by atoms with Crippen LogP contribution in [-0.4, -0.2) is 131 Å². The summed E-state index contributed by atoms with van der Waals surface area (Å²) in [6.07, 6.45) is 5.80. The first kappa shape index (κ1) is 34.7. The lowest BCUT2D eigenvalue weighted by atomic mass is 9.85. The molecule has 0 unspecified atom stereocenters. The average Bonchev–Trinajstić information content (AvgIpc) is 3.83. The fourth-order valence-corrected chi connectivity index (χ4v) is 8.84. The lowest BCUT2D eigenvalue weighted by molar-refractivity contribution is -0.148. The van der Waals surface area contributed by atoms with E-state index in [1.807, 2.05) is 34.1 Å². The Labute approximate surface area is 286 Å². The number of carbonyl (C=O) groups excluding carboxylic acids is 3. The minimum Gasteiger partial charge on any atom is -0.368 e. The Hall–Kier alpha value is -2.20. The lowest BCUT2D eigenvalue weighted by Crippen LogP contribution is -2.54. The first-order valence-electron chi connectivity index (χ1n) is 18.1. The highest BCUT2D eigenvalue weighted by atomic mass is 35.5. The maximum Gasteiger partial charge on any atom is 0.252 e. The van der Waals surface area contributed by atoms with Crippen LogP contribution in [0.2, 0.25) is 5.02 Å². The summed E-state index contributed by atoms with van der Waals surface area (Å²) in [4.78, 5) is 54.3. The van der Waals surface area contributed by atoms with Crippen molar-refractivity contribution in [3.63, 3.8) is 0 Å². The number of hydrogen-bond donors (Lipinski definition) is 0. The van der Waals surface area contributed by atoms with Crippen LogP contribution in [0.15, 0.2) is 24.3 Å². The van der Waals surface area contributed by atoms with Gasteiger partial charge in [0.1, 0.15) is 12.1 Å². The van der Waals surface area contributed by atoms with Gasteiger partial charge in [0.15, 0.2) is 0 Å². The number of likely N-dealkylation sites (tertiary alicyclic amines) is 2. The molecule has 0 radical (unpaired) electrons. The molecule has 5 fully saturated rings. The van der Waals surface area contributed by atoms with Crippen molar-refractivity contribution in [1.82, 2.24) is 24.5 Å². The van der Waals surface area contributed by atoms with Crippen LogP contribution in [0.3, 0.4) is 0 Å². The fraction of sp³-hybridized carbons (Fsp3) is 0.757. The van der Waals surface area contributed by atoms with Crippen molar-refractivity contribution >= 4 is 29.3 Å². The van der Waals surface area contributed by atoms with Gasteiger partial charge in [0.2, 0.25) is 11.8 Å². The molecule has 0 aromatic heterocycles. The molecule has 0 N–H and O–H groups in total. The van der Waals surface area contributed by atoms with Gasteiger partial charge in [0.05, 0.1) is 12.0 Å². The number of amides is 3. The van der Waals surface area contributed by atoms with Crippen molar-refractivity contribution < 1.29 is 19.1 Å². The topological polar surface area (TPSA) is 76.6 Å². The van der Waals surface area contributed by atoms with Gasteiger partial charge >= 0.3 is 0 Å². The predicted molar refractivity (Wildman–Crippen MR) is 184 cm³/mol. The molecule has 4 saturated heterocycles. The van der Waals surface area contributed by atoms with Crippen molar-refractivity contribution in [3.05, 3.63) is 34.9 Å². The number of likely N-dealkylation sites (N-methyl/N-ethyl adjacent to an activating group) is 1. The molecule has 5 atom stereocenters. The maximum absolute atomic E-state index is 15.0. The van der Waals surface area contributed by atoms with E-state index in [4.69, 9.17) is 16.3 Å². The molecule has 1 aromatic carbocycles. The Kier molecular flexibility index (Phi) is 10.6. The number of rotatable bonds is 6. The molecule has 260 valence electrons. The van der Waals surface area contributed by atoms with Gasteiger partial charge < -0.3 is 24.3 Å². The van der Waals surface area contributed by atoms with Crippen LogP contribution in [0.1, 0.15) is 84.1 Å². The molecule has 0 bridgehead atoms. The summed E-state index contributed by atoms with van der Waals surface area (Å²) >= 11 is 6.28. The van der Waals surface area contributed by atoms with E-state index >= 15 is 4.79 Å². The second-order valence-electron chi connectivity index (χ2n) is 16.0. The zero-order chi connectivity index (χ0) is 33.5. The van der Waals surface area contributed by atoms with E-state index in [-0.39, 0.29) is 47.2 Å². The first-order valence-corrected chi connectivity index (χ1v) is 18.5. The molecule has 47 heavy (non-hydrogen) atoms. The SMILES string of the molecule is CC1CCC(N(C(=O)[C@@H]2CCCO2)[C@H]2C[C@H](C(=O)N3CCN(C)CC3)N(C(=O)[C@@H]3CN(C(C)(C)C)C[C@H]3c3ccc(Cl)cc3)C2)CC1. The molecule has 9 nitrogen and oxygen atoms in total. The van der Waals surface area contributed by atoms with Gasteiger partial charge in [-0.3, -0.25) is 19.3 Å². The molecule has 5 aliphatic rings. The van der Waals surface area contributed by atoms with E-state index in [1.54, 1.807) is 0 Å². The number of halogens is 1. The minimum absolute atomic E-state index is 0.0121. The van der Waals surface area contributed by atoms with E-state index in [0.717, 1.165) is 63.7 Å². The number of hydrogen-bond acceptors (Lipinski definition) is 6. The minimum atomic E-state index is -0.576. The molecule has 4 heterocycles. The quantitative estimate of drug-likeness (QED) is 0.445. The Morgan fingerprint density at radius 2 is 1.55 bits per heavy atom. The van der Waals surface area contributed by atoms with Gasteiger partial charge in [-0.1, -0.05) is 30.7 Å². The molecule has 6 rings (SSSR count). The predicted octanol–water partition coefficient (Wildman–Crippen LogP) is 4.48. The Bertz CT molecular complexity index is 1260. The highest BCUT2D eigenvalue weighted by molar-refractivity contribution is 6.30.